The highest BCUT2D eigenvalue weighted by atomic mass is 16.3. The lowest BCUT2D eigenvalue weighted by molar-refractivity contribution is 0.490. The van der Waals surface area contributed by atoms with E-state index in [0.717, 1.165) is 71.1 Å². The highest BCUT2D eigenvalue weighted by Gasteiger charge is 2.25. The van der Waals surface area contributed by atoms with E-state index in [4.69, 9.17) is 9.41 Å². The van der Waals surface area contributed by atoms with Crippen molar-refractivity contribution in [3.8, 4) is 11.1 Å². The van der Waals surface area contributed by atoms with Crippen LogP contribution in [0.4, 0.5) is 0 Å². The van der Waals surface area contributed by atoms with E-state index in [1.807, 2.05) is 12.1 Å². The molecule has 4 nitrogen and oxygen atoms in total. The standard InChI is InChI=1S/C42H27N3O/c1-2-10-26(11-3-1)29-20-21-34-37(25-29)45(36-23-22-32-31-14-7-9-17-38(31)46-41(32)39(34)36)42-43-35-16-8-6-15-33(35)40(44-42)30-19-18-27-12-4-5-13-28(27)24-30/h1-25,42,44H. The largest absolute Gasteiger partial charge is 0.455 e. The van der Waals surface area contributed by atoms with Crippen LogP contribution < -0.4 is 15.9 Å². The van der Waals surface area contributed by atoms with Crippen LogP contribution in [0.25, 0.3) is 71.3 Å². The lowest BCUT2D eigenvalue weighted by Crippen LogP contribution is -2.41. The van der Waals surface area contributed by atoms with Crippen molar-refractivity contribution in [3.05, 3.63) is 168 Å². The molecule has 0 aliphatic carbocycles. The molecule has 1 atom stereocenters. The molecule has 3 heterocycles. The summed E-state index contributed by atoms with van der Waals surface area (Å²) in [4.78, 5) is 5.35. The number of benzene rings is 7. The summed E-state index contributed by atoms with van der Waals surface area (Å²) in [6.07, 6.45) is -0.385. The van der Waals surface area contributed by atoms with Crippen molar-refractivity contribution in [2.75, 3.05) is 0 Å². The monoisotopic (exact) mass is 589 g/mol. The van der Waals surface area contributed by atoms with Gasteiger partial charge in [-0.1, -0.05) is 115 Å². The number of hydrogen-bond acceptors (Lipinski definition) is 3. The van der Waals surface area contributed by atoms with Crippen LogP contribution in [0.1, 0.15) is 11.9 Å². The second-order valence-electron chi connectivity index (χ2n) is 12.0. The fraction of sp³-hybridized carbons (Fsp3) is 0.0238. The predicted octanol–water partition coefficient (Wildman–Crippen LogP) is 9.05. The molecule has 7 aromatic carbocycles. The quantitative estimate of drug-likeness (QED) is 0.223. The summed E-state index contributed by atoms with van der Waals surface area (Å²) in [5.41, 5.74) is 8.52. The smallest absolute Gasteiger partial charge is 0.201 e. The lowest BCUT2D eigenvalue weighted by atomic mass is 10.0. The first kappa shape index (κ1) is 25.2. The molecule has 1 aliphatic rings. The molecule has 0 radical (unpaired) electrons. The third kappa shape index (κ3) is 3.71. The highest BCUT2D eigenvalue weighted by Crippen LogP contribution is 2.41. The molecule has 0 spiro atoms. The van der Waals surface area contributed by atoms with E-state index < -0.39 is 0 Å². The molecule has 10 rings (SSSR count). The van der Waals surface area contributed by atoms with Crippen molar-refractivity contribution in [3.63, 3.8) is 0 Å². The number of rotatable bonds is 3. The molecule has 1 aliphatic heterocycles. The minimum absolute atomic E-state index is 0.385. The summed E-state index contributed by atoms with van der Waals surface area (Å²) in [6, 6.07) is 53.7. The Morgan fingerprint density at radius 3 is 2.24 bits per heavy atom. The second kappa shape index (κ2) is 9.68. The van der Waals surface area contributed by atoms with Crippen molar-refractivity contribution >= 4 is 60.2 Å². The first-order valence-electron chi connectivity index (χ1n) is 15.7. The van der Waals surface area contributed by atoms with Gasteiger partial charge in [-0.15, -0.1) is 0 Å². The molecule has 2 aromatic heterocycles. The van der Waals surface area contributed by atoms with Crippen LogP contribution >= 0.6 is 0 Å². The third-order valence-corrected chi connectivity index (χ3v) is 9.41. The van der Waals surface area contributed by atoms with Crippen molar-refractivity contribution in [1.29, 1.82) is 0 Å². The zero-order valence-electron chi connectivity index (χ0n) is 24.8. The maximum absolute atomic E-state index is 6.61. The fourth-order valence-corrected chi connectivity index (χ4v) is 7.26. The van der Waals surface area contributed by atoms with Crippen LogP contribution in [0.5, 0.6) is 0 Å². The number of aromatic nitrogens is 1. The van der Waals surface area contributed by atoms with E-state index in [1.54, 1.807) is 0 Å². The topological polar surface area (TPSA) is 42.5 Å². The zero-order valence-corrected chi connectivity index (χ0v) is 24.8. The Morgan fingerprint density at radius 2 is 1.30 bits per heavy atom. The van der Waals surface area contributed by atoms with Gasteiger partial charge in [0.25, 0.3) is 0 Å². The molecule has 4 heteroatoms. The maximum Gasteiger partial charge on any atom is 0.201 e. The second-order valence-corrected chi connectivity index (χ2v) is 12.0. The third-order valence-electron chi connectivity index (χ3n) is 9.41. The summed E-state index contributed by atoms with van der Waals surface area (Å²) >= 11 is 0. The van der Waals surface area contributed by atoms with Crippen LogP contribution in [-0.2, 0) is 0 Å². The number of furan rings is 1. The SMILES string of the molecule is c1ccc(-c2ccc3c4c5oc6ccccc6c5ccc4n(C4N=c5ccccc5=C(c5ccc6ccccc6c5)N4)c3c2)cc1. The average molecular weight is 590 g/mol. The van der Waals surface area contributed by atoms with Gasteiger partial charge in [0.1, 0.15) is 11.2 Å². The molecule has 9 aromatic rings. The number of nitrogens with one attached hydrogen (secondary N) is 1. The Labute approximate surface area is 264 Å². The summed E-state index contributed by atoms with van der Waals surface area (Å²) < 4.78 is 8.96. The zero-order chi connectivity index (χ0) is 30.2. The molecule has 46 heavy (non-hydrogen) atoms. The van der Waals surface area contributed by atoms with Crippen LogP contribution in [0.15, 0.2) is 161 Å². The maximum atomic E-state index is 6.61. The van der Waals surface area contributed by atoms with Gasteiger partial charge in [-0.25, -0.2) is 4.99 Å². The van der Waals surface area contributed by atoms with Gasteiger partial charge in [-0.3, -0.25) is 0 Å². The number of para-hydroxylation sites is 2. The summed E-state index contributed by atoms with van der Waals surface area (Å²) in [5, 5.41) is 12.9. The van der Waals surface area contributed by atoms with Crippen LogP contribution in [0.3, 0.4) is 0 Å². The van der Waals surface area contributed by atoms with Gasteiger partial charge in [-0.2, -0.15) is 0 Å². The Hall–Kier alpha value is -6.13. The molecule has 0 fully saturated rings. The van der Waals surface area contributed by atoms with E-state index >= 15 is 0 Å². The Morgan fingerprint density at radius 1 is 0.543 bits per heavy atom. The number of hydrogen-bond donors (Lipinski definition) is 1. The Kier molecular flexibility index (Phi) is 5.31. The van der Waals surface area contributed by atoms with Gasteiger partial charge >= 0.3 is 0 Å². The van der Waals surface area contributed by atoms with E-state index in [1.165, 1.54) is 16.3 Å². The average Bonchev–Trinajstić information content (AvgIpc) is 3.67. The highest BCUT2D eigenvalue weighted by molar-refractivity contribution is 6.23. The molecule has 0 saturated heterocycles. The van der Waals surface area contributed by atoms with E-state index in [0.29, 0.717) is 0 Å². The predicted molar refractivity (Wildman–Crippen MR) is 188 cm³/mol. The minimum Gasteiger partial charge on any atom is -0.455 e. The van der Waals surface area contributed by atoms with E-state index in [-0.39, 0.29) is 6.29 Å². The molecule has 216 valence electrons. The van der Waals surface area contributed by atoms with Crippen molar-refractivity contribution in [2.45, 2.75) is 6.29 Å². The molecule has 1 unspecified atom stereocenters. The van der Waals surface area contributed by atoms with Crippen molar-refractivity contribution < 1.29 is 4.42 Å². The number of fused-ring (bicyclic) bond motifs is 9. The number of nitrogens with zero attached hydrogens (tertiary/aromatic N) is 2. The minimum atomic E-state index is -0.385. The van der Waals surface area contributed by atoms with Gasteiger partial charge in [0.15, 0.2) is 0 Å². The van der Waals surface area contributed by atoms with E-state index in [9.17, 15) is 0 Å². The first-order valence-corrected chi connectivity index (χ1v) is 15.7. The molecule has 0 amide bonds. The van der Waals surface area contributed by atoms with Crippen molar-refractivity contribution in [1.82, 2.24) is 9.88 Å². The van der Waals surface area contributed by atoms with Gasteiger partial charge in [0.2, 0.25) is 6.29 Å². The fourth-order valence-electron chi connectivity index (χ4n) is 7.26. The van der Waals surface area contributed by atoms with Crippen molar-refractivity contribution in [2.24, 2.45) is 4.99 Å². The van der Waals surface area contributed by atoms with Gasteiger partial charge < -0.3 is 14.3 Å². The molecule has 0 saturated carbocycles. The van der Waals surface area contributed by atoms with E-state index in [2.05, 4.69) is 149 Å². The Bertz CT molecular complexity index is 2790. The molecule has 0 bridgehead atoms. The molecular weight excluding hydrogens is 562 g/mol. The summed E-state index contributed by atoms with van der Waals surface area (Å²) in [6.45, 7) is 0. The van der Waals surface area contributed by atoms with Crippen LogP contribution in [0.2, 0.25) is 0 Å². The van der Waals surface area contributed by atoms with Gasteiger partial charge in [-0.05, 0) is 63.9 Å². The first-order chi connectivity index (χ1) is 22.8. The van der Waals surface area contributed by atoms with Gasteiger partial charge in [0, 0.05) is 21.4 Å². The lowest BCUT2D eigenvalue weighted by Gasteiger charge is -2.25. The molecule has 1 N–H and O–H groups in total. The normalized spacial score (nSPS) is 14.6. The summed E-state index contributed by atoms with van der Waals surface area (Å²) in [7, 11) is 0. The molecular formula is C42H27N3O. The van der Waals surface area contributed by atoms with Crippen LogP contribution in [0, 0.1) is 0 Å². The van der Waals surface area contributed by atoms with Gasteiger partial charge in [0.05, 0.1) is 27.5 Å². The summed E-state index contributed by atoms with van der Waals surface area (Å²) in [5.74, 6) is 0. The van der Waals surface area contributed by atoms with Crippen LogP contribution in [-0.4, -0.2) is 4.57 Å². The Balaban J connectivity index is 1.27.